The third-order valence-corrected chi connectivity index (χ3v) is 3.69. The van der Waals surface area contributed by atoms with Gasteiger partial charge >= 0.3 is 0 Å². The van der Waals surface area contributed by atoms with Crippen LogP contribution in [0, 0.1) is 13.8 Å². The van der Waals surface area contributed by atoms with Crippen molar-refractivity contribution in [2.75, 3.05) is 0 Å². The lowest BCUT2D eigenvalue weighted by molar-refractivity contribution is 0.431. The molecule has 3 aromatic rings. The Kier molecular flexibility index (Phi) is 3.51. The van der Waals surface area contributed by atoms with Gasteiger partial charge in [0.05, 0.1) is 17.1 Å². The predicted octanol–water partition coefficient (Wildman–Crippen LogP) is 2.56. The average molecular weight is 287 g/mol. The van der Waals surface area contributed by atoms with Gasteiger partial charge in [-0.3, -0.25) is 0 Å². The van der Waals surface area contributed by atoms with Crippen LogP contribution in [0.2, 0.25) is 0 Å². The van der Waals surface area contributed by atoms with E-state index >= 15 is 0 Å². The molecule has 7 heteroatoms. The molecule has 3 rings (SSSR count). The van der Waals surface area contributed by atoms with Crippen molar-refractivity contribution in [1.29, 1.82) is 0 Å². The summed E-state index contributed by atoms with van der Waals surface area (Å²) in [5.74, 6) is 2.20. The maximum absolute atomic E-state index is 5.53. The first-order valence-electron chi connectivity index (χ1n) is 6.13. The van der Waals surface area contributed by atoms with E-state index in [9.17, 15) is 0 Å². The summed E-state index contributed by atoms with van der Waals surface area (Å²) >= 11 is 1.48. The Morgan fingerprint density at radius 3 is 2.70 bits per heavy atom. The van der Waals surface area contributed by atoms with Gasteiger partial charge in [-0.2, -0.15) is 4.68 Å². The number of tetrazole rings is 1. The van der Waals surface area contributed by atoms with E-state index in [1.807, 2.05) is 44.2 Å². The van der Waals surface area contributed by atoms with Crippen molar-refractivity contribution in [3.8, 4) is 5.69 Å². The van der Waals surface area contributed by atoms with Gasteiger partial charge in [-0.05, 0) is 36.4 Å². The van der Waals surface area contributed by atoms with Crippen LogP contribution in [0.25, 0.3) is 5.69 Å². The van der Waals surface area contributed by atoms with E-state index in [-0.39, 0.29) is 0 Å². The predicted molar refractivity (Wildman–Crippen MR) is 74.7 cm³/mol. The summed E-state index contributed by atoms with van der Waals surface area (Å²) in [7, 11) is 0. The fourth-order valence-electron chi connectivity index (χ4n) is 1.70. The number of nitrogens with zero attached hydrogens (tertiary/aromatic N) is 5. The fraction of sp³-hybridized carbons (Fsp3) is 0.231. The van der Waals surface area contributed by atoms with Crippen LogP contribution in [-0.4, -0.2) is 25.2 Å². The van der Waals surface area contributed by atoms with E-state index in [0.717, 1.165) is 23.0 Å². The van der Waals surface area contributed by atoms with Crippen LogP contribution in [0.1, 0.15) is 17.3 Å². The van der Waals surface area contributed by atoms with E-state index in [1.54, 1.807) is 4.68 Å². The molecule has 0 spiro atoms. The van der Waals surface area contributed by atoms with E-state index in [1.165, 1.54) is 11.8 Å². The van der Waals surface area contributed by atoms with Crippen molar-refractivity contribution in [1.82, 2.24) is 25.2 Å². The summed E-state index contributed by atoms with van der Waals surface area (Å²) < 4.78 is 7.25. The van der Waals surface area contributed by atoms with Gasteiger partial charge in [0.25, 0.3) is 5.22 Å². The normalized spacial score (nSPS) is 10.9. The van der Waals surface area contributed by atoms with Crippen LogP contribution in [0.5, 0.6) is 0 Å². The second-order valence-electron chi connectivity index (χ2n) is 4.25. The molecule has 0 aliphatic heterocycles. The van der Waals surface area contributed by atoms with Crippen molar-refractivity contribution in [3.05, 3.63) is 47.6 Å². The van der Waals surface area contributed by atoms with Gasteiger partial charge in [0.1, 0.15) is 5.76 Å². The third kappa shape index (κ3) is 2.57. The highest BCUT2D eigenvalue weighted by Crippen LogP contribution is 2.23. The van der Waals surface area contributed by atoms with Crippen molar-refractivity contribution in [2.45, 2.75) is 24.8 Å². The Balaban J connectivity index is 1.77. The van der Waals surface area contributed by atoms with Crippen LogP contribution >= 0.6 is 11.8 Å². The molecule has 0 aliphatic carbocycles. The lowest BCUT2D eigenvalue weighted by atomic mass is 10.3. The van der Waals surface area contributed by atoms with Gasteiger partial charge < -0.3 is 4.42 Å². The van der Waals surface area contributed by atoms with Crippen molar-refractivity contribution < 1.29 is 4.42 Å². The highest BCUT2D eigenvalue weighted by molar-refractivity contribution is 7.98. The molecule has 0 aliphatic rings. The maximum Gasteiger partial charge on any atom is 0.256 e. The minimum Gasteiger partial charge on any atom is -0.437 e. The largest absolute Gasteiger partial charge is 0.437 e. The third-order valence-electron chi connectivity index (χ3n) is 2.87. The van der Waals surface area contributed by atoms with Crippen LogP contribution < -0.4 is 0 Å². The van der Waals surface area contributed by atoms with Crippen LogP contribution in [-0.2, 0) is 5.75 Å². The number of hydrogen-bond donors (Lipinski definition) is 0. The van der Waals surface area contributed by atoms with E-state index in [4.69, 9.17) is 4.42 Å². The highest BCUT2D eigenvalue weighted by atomic mass is 32.2. The fourth-order valence-corrected chi connectivity index (χ4v) is 2.51. The van der Waals surface area contributed by atoms with E-state index in [0.29, 0.717) is 11.0 Å². The van der Waals surface area contributed by atoms with Gasteiger partial charge in [0.15, 0.2) is 5.82 Å². The van der Waals surface area contributed by atoms with Crippen molar-refractivity contribution >= 4 is 11.8 Å². The van der Waals surface area contributed by atoms with Crippen LogP contribution in [0.3, 0.4) is 0 Å². The molecule has 0 saturated carbocycles. The number of thioether (sulfide) groups is 1. The molecule has 2 aromatic heterocycles. The summed E-state index contributed by atoms with van der Waals surface area (Å²) in [4.78, 5) is 4.33. The van der Waals surface area contributed by atoms with Gasteiger partial charge in [0.2, 0.25) is 0 Å². The molecule has 102 valence electrons. The number of aryl methyl sites for hydroxylation is 2. The molecule has 0 amide bonds. The molecule has 20 heavy (non-hydrogen) atoms. The number of rotatable bonds is 4. The topological polar surface area (TPSA) is 69.6 Å². The second-order valence-corrected chi connectivity index (χ2v) is 5.18. The van der Waals surface area contributed by atoms with Crippen molar-refractivity contribution in [3.63, 3.8) is 0 Å². The molecule has 0 saturated heterocycles. The molecule has 0 bridgehead atoms. The Bertz CT molecular complexity index is 687. The quantitative estimate of drug-likeness (QED) is 0.687. The first kappa shape index (κ1) is 12.9. The average Bonchev–Trinajstić information content (AvgIpc) is 3.05. The summed E-state index contributed by atoms with van der Waals surface area (Å²) in [6, 6.07) is 9.79. The monoisotopic (exact) mass is 287 g/mol. The standard InChI is InChI=1S/C13H13N5OS/c1-9-10(2)19-13(14-9)20-8-12-15-16-17-18(12)11-6-4-3-5-7-11/h3-7H,8H2,1-2H3. The molecule has 0 radical (unpaired) electrons. The van der Waals surface area contributed by atoms with Gasteiger partial charge in [-0.15, -0.1) is 5.10 Å². The maximum atomic E-state index is 5.53. The van der Waals surface area contributed by atoms with Crippen molar-refractivity contribution in [2.24, 2.45) is 0 Å². The molecular weight excluding hydrogens is 274 g/mol. The zero-order valence-electron chi connectivity index (χ0n) is 11.1. The first-order chi connectivity index (χ1) is 9.74. The van der Waals surface area contributed by atoms with Gasteiger partial charge in [-0.25, -0.2) is 4.98 Å². The molecule has 0 fully saturated rings. The zero-order chi connectivity index (χ0) is 13.9. The minimum absolute atomic E-state index is 0.598. The van der Waals surface area contributed by atoms with E-state index < -0.39 is 0 Å². The Labute approximate surface area is 120 Å². The second kappa shape index (κ2) is 5.46. The SMILES string of the molecule is Cc1nc(SCc2nnnn2-c2ccccc2)oc1C. The zero-order valence-corrected chi connectivity index (χ0v) is 12.0. The molecule has 2 heterocycles. The van der Waals surface area contributed by atoms with Crippen LogP contribution in [0.15, 0.2) is 40.0 Å². The van der Waals surface area contributed by atoms with E-state index in [2.05, 4.69) is 20.5 Å². The lowest BCUT2D eigenvalue weighted by Gasteiger charge is -2.02. The lowest BCUT2D eigenvalue weighted by Crippen LogP contribution is -2.01. The number of para-hydroxylation sites is 1. The smallest absolute Gasteiger partial charge is 0.256 e. The molecule has 0 atom stereocenters. The summed E-state index contributed by atoms with van der Waals surface area (Å²) in [6.07, 6.45) is 0. The Morgan fingerprint density at radius 2 is 2.00 bits per heavy atom. The molecule has 1 aromatic carbocycles. The van der Waals surface area contributed by atoms with Crippen LogP contribution in [0.4, 0.5) is 0 Å². The summed E-state index contributed by atoms with van der Waals surface area (Å²) in [6.45, 7) is 3.83. The number of hydrogen-bond acceptors (Lipinski definition) is 6. The first-order valence-corrected chi connectivity index (χ1v) is 7.12. The number of benzene rings is 1. The summed E-state index contributed by atoms with van der Waals surface area (Å²) in [5, 5.41) is 12.4. The number of oxazole rings is 1. The molecule has 0 unspecified atom stereocenters. The minimum atomic E-state index is 0.598. The Hall–Kier alpha value is -2.15. The van der Waals surface area contributed by atoms with Gasteiger partial charge in [-0.1, -0.05) is 30.0 Å². The molecular formula is C13H13N5OS. The Morgan fingerprint density at radius 1 is 1.20 bits per heavy atom. The van der Waals surface area contributed by atoms with Gasteiger partial charge in [0, 0.05) is 0 Å². The molecule has 0 N–H and O–H groups in total. The summed E-state index contributed by atoms with van der Waals surface area (Å²) in [5.41, 5.74) is 1.85. The highest BCUT2D eigenvalue weighted by Gasteiger charge is 2.11. The molecule has 6 nitrogen and oxygen atoms in total. The number of aromatic nitrogens is 5.